The molecule has 6 heteroatoms. The number of amides is 1. The van der Waals surface area contributed by atoms with E-state index in [1.165, 1.54) is 16.9 Å². The number of aryl methyl sites for hydroxylation is 2. The highest BCUT2D eigenvalue weighted by molar-refractivity contribution is 7.15. The fourth-order valence-corrected chi connectivity index (χ4v) is 3.30. The van der Waals surface area contributed by atoms with Crippen molar-refractivity contribution in [1.82, 2.24) is 10.2 Å². The molecule has 1 N–H and O–H groups in total. The number of carbonyl (C=O) groups is 1. The number of anilines is 1. The van der Waals surface area contributed by atoms with Crippen LogP contribution in [0, 0.1) is 0 Å². The fraction of sp³-hybridized carbons (Fsp3) is 0.167. The van der Waals surface area contributed by atoms with Gasteiger partial charge in [-0.2, -0.15) is 0 Å². The van der Waals surface area contributed by atoms with Crippen LogP contribution in [-0.4, -0.2) is 16.1 Å². The molecule has 0 fully saturated rings. The Morgan fingerprint density at radius 3 is 2.54 bits per heavy atom. The Morgan fingerprint density at radius 1 is 1.00 bits per heavy atom. The van der Waals surface area contributed by atoms with Crippen molar-refractivity contribution in [3.8, 4) is 0 Å². The normalized spacial score (nSPS) is 10.5. The Balaban J connectivity index is 1.54. The highest BCUT2D eigenvalue weighted by Gasteiger charge is 2.12. The van der Waals surface area contributed by atoms with Gasteiger partial charge in [-0.3, -0.25) is 10.1 Å². The molecule has 2 aromatic carbocycles. The first-order valence-electron chi connectivity index (χ1n) is 7.64. The lowest BCUT2D eigenvalue weighted by atomic mass is 10.1. The number of halogens is 1. The quantitative estimate of drug-likeness (QED) is 0.700. The Labute approximate surface area is 149 Å². The molecule has 1 heterocycles. The van der Waals surface area contributed by atoms with Gasteiger partial charge in [0.05, 0.1) is 10.6 Å². The molecule has 0 bridgehead atoms. The number of benzene rings is 2. The van der Waals surface area contributed by atoms with Crippen molar-refractivity contribution >= 4 is 34.0 Å². The maximum atomic E-state index is 12.2. The number of nitrogens with zero attached hydrogens (tertiary/aromatic N) is 2. The van der Waals surface area contributed by atoms with Crippen LogP contribution in [0.2, 0.25) is 5.02 Å². The second kappa shape index (κ2) is 8.04. The second-order valence-electron chi connectivity index (χ2n) is 5.27. The fourth-order valence-electron chi connectivity index (χ4n) is 2.30. The van der Waals surface area contributed by atoms with Gasteiger partial charge in [-0.05, 0) is 30.5 Å². The minimum absolute atomic E-state index is 0.271. The minimum atomic E-state index is -0.271. The summed E-state index contributed by atoms with van der Waals surface area (Å²) in [6.45, 7) is 0. The van der Waals surface area contributed by atoms with Crippen LogP contribution in [0.1, 0.15) is 27.3 Å². The zero-order valence-electron chi connectivity index (χ0n) is 12.9. The SMILES string of the molecule is O=C(Nc1nnc(CCCc2ccccc2)s1)c1ccccc1Cl. The van der Waals surface area contributed by atoms with Crippen molar-refractivity contribution in [3.63, 3.8) is 0 Å². The summed E-state index contributed by atoms with van der Waals surface area (Å²) in [6, 6.07) is 17.3. The van der Waals surface area contributed by atoms with Crippen molar-refractivity contribution in [2.45, 2.75) is 19.3 Å². The Hall–Kier alpha value is -2.24. The lowest BCUT2D eigenvalue weighted by molar-refractivity contribution is 0.102. The van der Waals surface area contributed by atoms with Crippen LogP contribution >= 0.6 is 22.9 Å². The lowest BCUT2D eigenvalue weighted by Crippen LogP contribution is -2.12. The van der Waals surface area contributed by atoms with Crippen molar-refractivity contribution in [3.05, 3.63) is 75.8 Å². The summed E-state index contributed by atoms with van der Waals surface area (Å²) in [5.74, 6) is -0.271. The van der Waals surface area contributed by atoms with E-state index in [4.69, 9.17) is 11.6 Å². The van der Waals surface area contributed by atoms with E-state index in [0.717, 1.165) is 24.3 Å². The molecule has 24 heavy (non-hydrogen) atoms. The molecular formula is C18H16ClN3OS. The number of nitrogens with one attached hydrogen (secondary N) is 1. The van der Waals surface area contributed by atoms with Crippen LogP contribution in [0.15, 0.2) is 54.6 Å². The van der Waals surface area contributed by atoms with E-state index in [0.29, 0.717) is 15.7 Å². The zero-order valence-corrected chi connectivity index (χ0v) is 14.5. The van der Waals surface area contributed by atoms with Gasteiger partial charge < -0.3 is 0 Å². The van der Waals surface area contributed by atoms with Crippen molar-refractivity contribution in [2.75, 3.05) is 5.32 Å². The predicted octanol–water partition coefficient (Wildman–Crippen LogP) is 4.62. The lowest BCUT2D eigenvalue weighted by Gasteiger charge is -2.02. The molecule has 0 atom stereocenters. The second-order valence-corrected chi connectivity index (χ2v) is 6.74. The number of hydrogen-bond donors (Lipinski definition) is 1. The van der Waals surface area contributed by atoms with E-state index >= 15 is 0 Å². The van der Waals surface area contributed by atoms with Crippen molar-refractivity contribution < 1.29 is 4.79 Å². The average molecular weight is 358 g/mol. The summed E-state index contributed by atoms with van der Waals surface area (Å²) in [5.41, 5.74) is 1.74. The molecule has 3 aromatic rings. The Bertz CT molecular complexity index is 820. The van der Waals surface area contributed by atoms with E-state index in [1.807, 2.05) is 18.2 Å². The number of aromatic nitrogens is 2. The zero-order chi connectivity index (χ0) is 16.8. The van der Waals surface area contributed by atoms with E-state index in [-0.39, 0.29) is 5.91 Å². The molecular weight excluding hydrogens is 342 g/mol. The third-order valence-electron chi connectivity index (χ3n) is 3.50. The standard InChI is InChI=1S/C18H16ClN3OS/c19-15-11-5-4-10-14(15)17(23)20-18-22-21-16(24-18)12-6-9-13-7-2-1-3-8-13/h1-5,7-8,10-11H,6,9,12H2,(H,20,22,23). The first kappa shape index (κ1) is 16.6. The summed E-state index contributed by atoms with van der Waals surface area (Å²) in [4.78, 5) is 12.2. The minimum Gasteiger partial charge on any atom is -0.296 e. The monoisotopic (exact) mass is 357 g/mol. The van der Waals surface area contributed by atoms with E-state index < -0.39 is 0 Å². The van der Waals surface area contributed by atoms with Gasteiger partial charge in [0.25, 0.3) is 5.91 Å². The Kier molecular flexibility index (Phi) is 5.56. The van der Waals surface area contributed by atoms with Crippen molar-refractivity contribution in [2.24, 2.45) is 0 Å². The summed E-state index contributed by atoms with van der Waals surface area (Å²) < 4.78 is 0. The van der Waals surface area contributed by atoms with Gasteiger partial charge >= 0.3 is 0 Å². The Morgan fingerprint density at radius 2 is 1.75 bits per heavy atom. The van der Waals surface area contributed by atoms with Gasteiger partial charge in [0, 0.05) is 6.42 Å². The van der Waals surface area contributed by atoms with Crippen LogP contribution in [0.5, 0.6) is 0 Å². The first-order valence-corrected chi connectivity index (χ1v) is 8.84. The maximum Gasteiger partial charge on any atom is 0.259 e. The number of carbonyl (C=O) groups excluding carboxylic acids is 1. The summed E-state index contributed by atoms with van der Waals surface area (Å²) >= 11 is 7.42. The molecule has 0 radical (unpaired) electrons. The van der Waals surface area contributed by atoms with Crippen LogP contribution < -0.4 is 5.32 Å². The summed E-state index contributed by atoms with van der Waals surface area (Å²) in [5, 5.41) is 12.7. The van der Waals surface area contributed by atoms with Gasteiger partial charge in [0.15, 0.2) is 0 Å². The molecule has 0 unspecified atom stereocenters. The maximum absolute atomic E-state index is 12.2. The largest absolute Gasteiger partial charge is 0.296 e. The number of rotatable bonds is 6. The van der Waals surface area contributed by atoms with Gasteiger partial charge in [0.2, 0.25) is 5.13 Å². The first-order chi connectivity index (χ1) is 11.7. The molecule has 4 nitrogen and oxygen atoms in total. The van der Waals surface area contributed by atoms with Gasteiger partial charge in [-0.25, -0.2) is 0 Å². The van der Waals surface area contributed by atoms with Gasteiger partial charge in [-0.1, -0.05) is 65.4 Å². The third-order valence-corrected chi connectivity index (χ3v) is 4.73. The predicted molar refractivity (Wildman–Crippen MR) is 97.8 cm³/mol. The average Bonchev–Trinajstić information content (AvgIpc) is 3.03. The van der Waals surface area contributed by atoms with Gasteiger partial charge in [-0.15, -0.1) is 10.2 Å². The highest BCUT2D eigenvalue weighted by atomic mass is 35.5. The molecule has 0 aliphatic carbocycles. The topological polar surface area (TPSA) is 54.9 Å². The molecule has 0 spiro atoms. The molecule has 0 saturated carbocycles. The van der Waals surface area contributed by atoms with Gasteiger partial charge in [0.1, 0.15) is 5.01 Å². The number of hydrogen-bond acceptors (Lipinski definition) is 4. The van der Waals surface area contributed by atoms with Crippen molar-refractivity contribution in [1.29, 1.82) is 0 Å². The smallest absolute Gasteiger partial charge is 0.259 e. The van der Waals surface area contributed by atoms with Crippen LogP contribution in [0.3, 0.4) is 0 Å². The van der Waals surface area contributed by atoms with E-state index in [2.05, 4.69) is 27.6 Å². The molecule has 1 amide bonds. The van der Waals surface area contributed by atoms with Crippen LogP contribution in [-0.2, 0) is 12.8 Å². The highest BCUT2D eigenvalue weighted by Crippen LogP contribution is 2.20. The molecule has 1 aromatic heterocycles. The van der Waals surface area contributed by atoms with Crippen LogP contribution in [0.4, 0.5) is 5.13 Å². The third kappa shape index (κ3) is 4.40. The molecule has 3 rings (SSSR count). The summed E-state index contributed by atoms with van der Waals surface area (Å²) in [6.07, 6.45) is 2.84. The molecule has 0 aliphatic heterocycles. The van der Waals surface area contributed by atoms with E-state index in [9.17, 15) is 4.79 Å². The molecule has 0 saturated heterocycles. The summed E-state index contributed by atoms with van der Waals surface area (Å²) in [7, 11) is 0. The molecule has 122 valence electrons. The van der Waals surface area contributed by atoms with E-state index in [1.54, 1.807) is 24.3 Å². The molecule has 0 aliphatic rings. The van der Waals surface area contributed by atoms with Crippen LogP contribution in [0.25, 0.3) is 0 Å².